The molecule has 1 aromatic carbocycles. The van der Waals surface area contributed by atoms with Crippen molar-refractivity contribution in [1.82, 2.24) is 4.72 Å². The molecule has 0 aliphatic heterocycles. The van der Waals surface area contributed by atoms with Crippen molar-refractivity contribution in [3.05, 3.63) is 21.1 Å². The predicted molar refractivity (Wildman–Crippen MR) is 85.6 cm³/mol. The van der Waals surface area contributed by atoms with Gasteiger partial charge in [-0.3, -0.25) is 0 Å². The van der Waals surface area contributed by atoms with E-state index in [4.69, 9.17) is 5.73 Å². The van der Waals surface area contributed by atoms with Crippen molar-refractivity contribution in [3.8, 4) is 0 Å². The Morgan fingerprint density at radius 1 is 1.26 bits per heavy atom. The number of rotatable bonds is 6. The monoisotopic (exact) mass is 412 g/mol. The maximum atomic E-state index is 12.4. The molecule has 0 spiro atoms. The molecule has 0 saturated heterocycles. The number of nitrogen functional groups attached to an aromatic ring is 1. The summed E-state index contributed by atoms with van der Waals surface area (Å²) in [6.45, 7) is 4.00. The Labute approximate surface area is 131 Å². The van der Waals surface area contributed by atoms with Crippen molar-refractivity contribution in [2.24, 2.45) is 0 Å². The van der Waals surface area contributed by atoms with E-state index in [1.807, 2.05) is 13.8 Å². The smallest absolute Gasteiger partial charge is 0.243 e. The summed E-state index contributed by atoms with van der Waals surface area (Å²) in [7, 11) is -3.57. The molecule has 1 unspecified atom stereocenters. The van der Waals surface area contributed by atoms with Gasteiger partial charge in [-0.25, -0.2) is 13.1 Å². The summed E-state index contributed by atoms with van der Waals surface area (Å²) in [5.74, 6) is 0. The average Bonchev–Trinajstić information content (AvgIpc) is 2.25. The van der Waals surface area contributed by atoms with Gasteiger partial charge in [-0.1, -0.05) is 20.3 Å². The van der Waals surface area contributed by atoms with Crippen molar-refractivity contribution >= 4 is 47.6 Å². The van der Waals surface area contributed by atoms with Gasteiger partial charge >= 0.3 is 0 Å². The third-order valence-electron chi connectivity index (χ3n) is 2.74. The average molecular weight is 414 g/mol. The molecule has 0 saturated carbocycles. The zero-order valence-electron chi connectivity index (χ0n) is 10.9. The molecular formula is C12H18Br2N2O2S. The summed E-state index contributed by atoms with van der Waals surface area (Å²) >= 11 is 6.51. The van der Waals surface area contributed by atoms with Gasteiger partial charge in [0, 0.05) is 20.7 Å². The number of nitrogens with one attached hydrogen (secondary N) is 1. The van der Waals surface area contributed by atoms with Crippen LogP contribution >= 0.6 is 31.9 Å². The van der Waals surface area contributed by atoms with Gasteiger partial charge in [0.25, 0.3) is 0 Å². The molecule has 4 nitrogen and oxygen atoms in total. The fraction of sp³-hybridized carbons (Fsp3) is 0.500. The van der Waals surface area contributed by atoms with Crippen LogP contribution in [0.1, 0.15) is 33.1 Å². The molecule has 0 aliphatic rings. The molecule has 1 aromatic rings. The predicted octanol–water partition coefficient (Wildman–Crippen LogP) is 3.65. The summed E-state index contributed by atoms with van der Waals surface area (Å²) in [6.07, 6.45) is 2.52. The summed E-state index contributed by atoms with van der Waals surface area (Å²) in [4.78, 5) is 0.191. The molecule has 7 heteroatoms. The normalized spacial score (nSPS) is 13.5. The number of benzene rings is 1. The molecule has 0 bridgehead atoms. The van der Waals surface area contributed by atoms with Crippen LogP contribution < -0.4 is 10.5 Å². The fourth-order valence-corrected chi connectivity index (χ4v) is 5.78. The first kappa shape index (κ1) is 16.9. The van der Waals surface area contributed by atoms with Gasteiger partial charge in [0.2, 0.25) is 10.0 Å². The van der Waals surface area contributed by atoms with E-state index in [0.29, 0.717) is 14.6 Å². The molecule has 0 radical (unpaired) electrons. The number of anilines is 1. The highest BCUT2D eigenvalue weighted by atomic mass is 79.9. The Kier molecular flexibility index (Phi) is 6.29. The van der Waals surface area contributed by atoms with Crippen molar-refractivity contribution in [2.75, 3.05) is 5.73 Å². The molecule has 3 N–H and O–H groups in total. The van der Waals surface area contributed by atoms with E-state index < -0.39 is 10.0 Å². The molecule has 0 aliphatic carbocycles. The summed E-state index contributed by atoms with van der Waals surface area (Å²) in [5.41, 5.74) is 6.17. The van der Waals surface area contributed by atoms with Crippen LogP contribution in [0.4, 0.5) is 5.69 Å². The maximum Gasteiger partial charge on any atom is 0.243 e. The lowest BCUT2D eigenvalue weighted by Gasteiger charge is -2.18. The Morgan fingerprint density at radius 2 is 1.79 bits per heavy atom. The summed E-state index contributed by atoms with van der Waals surface area (Å²) < 4.78 is 28.5. The highest BCUT2D eigenvalue weighted by molar-refractivity contribution is 9.11. The first-order valence-electron chi connectivity index (χ1n) is 6.08. The third kappa shape index (κ3) is 4.44. The second-order valence-corrected chi connectivity index (χ2v) is 7.69. The van der Waals surface area contributed by atoms with Crippen LogP contribution in [-0.2, 0) is 10.0 Å². The van der Waals surface area contributed by atoms with Crippen molar-refractivity contribution in [1.29, 1.82) is 0 Å². The second-order valence-electron chi connectivity index (χ2n) is 4.33. The van der Waals surface area contributed by atoms with Gasteiger partial charge in [-0.15, -0.1) is 0 Å². The molecule has 0 aromatic heterocycles. The number of sulfonamides is 1. The fourth-order valence-electron chi connectivity index (χ4n) is 1.81. The van der Waals surface area contributed by atoms with E-state index in [9.17, 15) is 8.42 Å². The van der Waals surface area contributed by atoms with Gasteiger partial charge in [0.15, 0.2) is 0 Å². The van der Waals surface area contributed by atoms with Crippen LogP contribution in [0.15, 0.2) is 26.0 Å². The standard InChI is InChI=1S/C12H18Br2N2O2S/c1-3-5-9(4-2)16-19(17,18)12-10(13)6-8(15)7-11(12)14/h6-7,9,16H,3-5,15H2,1-2H3. The molecule has 0 heterocycles. The quantitative estimate of drug-likeness (QED) is 0.699. The molecule has 0 amide bonds. The van der Waals surface area contributed by atoms with Gasteiger partial charge in [0.1, 0.15) is 4.90 Å². The Balaban J connectivity index is 3.14. The Hall–Kier alpha value is -0.110. The molecular weight excluding hydrogens is 396 g/mol. The third-order valence-corrected chi connectivity index (χ3v) is 6.14. The summed E-state index contributed by atoms with van der Waals surface area (Å²) in [6, 6.07) is 3.12. The van der Waals surface area contributed by atoms with Gasteiger partial charge < -0.3 is 5.73 Å². The zero-order valence-corrected chi connectivity index (χ0v) is 14.9. The van der Waals surface area contributed by atoms with Gasteiger partial charge in [0.05, 0.1) is 0 Å². The number of halogens is 2. The van der Waals surface area contributed by atoms with E-state index >= 15 is 0 Å². The van der Waals surface area contributed by atoms with Crippen LogP contribution in [-0.4, -0.2) is 14.5 Å². The van der Waals surface area contributed by atoms with Gasteiger partial charge in [-0.2, -0.15) is 0 Å². The van der Waals surface area contributed by atoms with Crippen molar-refractivity contribution < 1.29 is 8.42 Å². The van der Waals surface area contributed by atoms with Crippen LogP contribution in [0.3, 0.4) is 0 Å². The van der Waals surface area contributed by atoms with Crippen LogP contribution in [0, 0.1) is 0 Å². The number of hydrogen-bond acceptors (Lipinski definition) is 3. The first-order chi connectivity index (χ1) is 8.81. The van der Waals surface area contributed by atoms with Crippen molar-refractivity contribution in [2.45, 2.75) is 44.0 Å². The topological polar surface area (TPSA) is 72.2 Å². The lowest BCUT2D eigenvalue weighted by Crippen LogP contribution is -2.34. The Morgan fingerprint density at radius 3 is 2.21 bits per heavy atom. The molecule has 19 heavy (non-hydrogen) atoms. The molecule has 1 rings (SSSR count). The molecule has 0 fully saturated rings. The first-order valence-corrected chi connectivity index (χ1v) is 9.15. The minimum atomic E-state index is -3.57. The van der Waals surface area contributed by atoms with Crippen LogP contribution in [0.5, 0.6) is 0 Å². The lowest BCUT2D eigenvalue weighted by molar-refractivity contribution is 0.512. The summed E-state index contributed by atoms with van der Waals surface area (Å²) in [5, 5.41) is 0. The SMILES string of the molecule is CCCC(CC)NS(=O)(=O)c1c(Br)cc(N)cc1Br. The maximum absolute atomic E-state index is 12.4. The van der Waals surface area contributed by atoms with E-state index in [1.54, 1.807) is 12.1 Å². The van der Waals surface area contributed by atoms with E-state index in [-0.39, 0.29) is 10.9 Å². The molecule has 108 valence electrons. The number of nitrogens with two attached hydrogens (primary N) is 1. The minimum absolute atomic E-state index is 0.0497. The second kappa shape index (κ2) is 7.06. The number of hydrogen-bond donors (Lipinski definition) is 2. The van der Waals surface area contributed by atoms with Crippen LogP contribution in [0.2, 0.25) is 0 Å². The highest BCUT2D eigenvalue weighted by Crippen LogP contribution is 2.32. The van der Waals surface area contributed by atoms with E-state index in [1.165, 1.54) is 0 Å². The highest BCUT2D eigenvalue weighted by Gasteiger charge is 2.24. The van der Waals surface area contributed by atoms with Crippen LogP contribution in [0.25, 0.3) is 0 Å². The Bertz CT molecular complexity index is 524. The lowest BCUT2D eigenvalue weighted by atomic mass is 10.1. The van der Waals surface area contributed by atoms with E-state index in [2.05, 4.69) is 36.6 Å². The zero-order chi connectivity index (χ0) is 14.6. The largest absolute Gasteiger partial charge is 0.399 e. The minimum Gasteiger partial charge on any atom is -0.399 e. The van der Waals surface area contributed by atoms with E-state index in [0.717, 1.165) is 19.3 Å². The molecule has 1 atom stereocenters. The van der Waals surface area contributed by atoms with Crippen molar-refractivity contribution in [3.63, 3.8) is 0 Å². The van der Waals surface area contributed by atoms with Gasteiger partial charge in [-0.05, 0) is 56.8 Å².